The predicted octanol–water partition coefficient (Wildman–Crippen LogP) is 2.17. The average molecular weight is 217 g/mol. The summed E-state index contributed by atoms with van der Waals surface area (Å²) in [6.45, 7) is 6.50. The summed E-state index contributed by atoms with van der Waals surface area (Å²) in [5.74, 6) is -0.0733. The van der Waals surface area contributed by atoms with Gasteiger partial charge in [0.15, 0.2) is 0 Å². The second-order valence-corrected chi connectivity index (χ2v) is 5.16. The van der Waals surface area contributed by atoms with E-state index in [0.29, 0.717) is 13.1 Å². The zero-order valence-electron chi connectivity index (χ0n) is 9.75. The molecule has 0 amide bonds. The first-order valence-corrected chi connectivity index (χ1v) is 5.47. The van der Waals surface area contributed by atoms with Crippen LogP contribution < -0.4 is 0 Å². The van der Waals surface area contributed by atoms with Gasteiger partial charge in [0.1, 0.15) is 0 Å². The molecular weight excluding hydrogens is 197 g/mol. The molecule has 0 spiro atoms. The highest BCUT2D eigenvalue weighted by Gasteiger charge is 2.28. The van der Waals surface area contributed by atoms with E-state index in [2.05, 4.69) is 0 Å². The third kappa shape index (κ3) is 3.78. The van der Waals surface area contributed by atoms with Crippen LogP contribution in [0.5, 0.6) is 0 Å². The number of alkyl halides is 1. The molecule has 0 aromatic carbocycles. The number of halogens is 1. The van der Waals surface area contributed by atoms with Crippen LogP contribution in [0.15, 0.2) is 0 Å². The molecule has 0 N–H and O–H groups in total. The lowest BCUT2D eigenvalue weighted by Gasteiger charge is -2.31. The summed E-state index contributed by atoms with van der Waals surface area (Å²) in [6, 6.07) is 0. The molecule has 0 radical (unpaired) electrons. The largest absolute Gasteiger partial charge is 0.367 e. The number of hydroxylamine groups is 2. The van der Waals surface area contributed by atoms with Crippen LogP contribution in [-0.2, 0) is 9.63 Å². The molecule has 1 aliphatic heterocycles. The molecule has 3 nitrogen and oxygen atoms in total. The van der Waals surface area contributed by atoms with E-state index >= 15 is 0 Å². The second-order valence-electron chi connectivity index (χ2n) is 5.16. The van der Waals surface area contributed by atoms with Gasteiger partial charge in [0.25, 0.3) is 0 Å². The summed E-state index contributed by atoms with van der Waals surface area (Å²) in [6.07, 6.45) is 1.54. The van der Waals surface area contributed by atoms with Gasteiger partial charge in [0.2, 0.25) is 0 Å². The summed E-state index contributed by atoms with van der Waals surface area (Å²) >= 11 is 0. The minimum absolute atomic E-state index is 0.148. The predicted molar refractivity (Wildman–Crippen MR) is 55.8 cm³/mol. The van der Waals surface area contributed by atoms with Gasteiger partial charge in [-0.25, -0.2) is 4.79 Å². The number of carbonyl (C=O) groups is 1. The van der Waals surface area contributed by atoms with Gasteiger partial charge in [0, 0.05) is 13.1 Å². The standard InChI is InChI=1S/C11H20FNO2/c1-11(2,3)10(14)15-13-6-4-9(8-12)5-7-13/h9H,4-8H2,1-3H3. The van der Waals surface area contributed by atoms with Gasteiger partial charge in [-0.2, -0.15) is 0 Å². The number of carbonyl (C=O) groups excluding carboxylic acids is 1. The van der Waals surface area contributed by atoms with Crippen molar-refractivity contribution in [1.29, 1.82) is 0 Å². The lowest BCUT2D eigenvalue weighted by atomic mass is 9.97. The zero-order chi connectivity index (χ0) is 11.5. The minimum Gasteiger partial charge on any atom is -0.367 e. The van der Waals surface area contributed by atoms with Crippen LogP contribution in [0.25, 0.3) is 0 Å². The van der Waals surface area contributed by atoms with Crippen LogP contribution in [0.2, 0.25) is 0 Å². The Hall–Kier alpha value is -0.640. The molecule has 1 rings (SSSR count). The Labute approximate surface area is 90.5 Å². The first-order valence-electron chi connectivity index (χ1n) is 5.47. The Bertz CT molecular complexity index is 217. The van der Waals surface area contributed by atoms with Crippen molar-refractivity contribution in [2.24, 2.45) is 11.3 Å². The molecule has 1 saturated heterocycles. The van der Waals surface area contributed by atoms with Crippen LogP contribution in [0.1, 0.15) is 33.6 Å². The summed E-state index contributed by atoms with van der Waals surface area (Å²) in [5.41, 5.74) is -0.475. The summed E-state index contributed by atoms with van der Waals surface area (Å²) < 4.78 is 12.3. The molecule has 0 atom stereocenters. The lowest BCUT2D eigenvalue weighted by molar-refractivity contribution is -0.206. The molecule has 88 valence electrons. The molecule has 1 fully saturated rings. The number of rotatable bonds is 2. The van der Waals surface area contributed by atoms with E-state index in [4.69, 9.17) is 4.84 Å². The Morgan fingerprint density at radius 2 is 1.93 bits per heavy atom. The van der Waals surface area contributed by atoms with Crippen LogP contribution in [-0.4, -0.2) is 30.8 Å². The highest BCUT2D eigenvalue weighted by atomic mass is 19.1. The van der Waals surface area contributed by atoms with Crippen molar-refractivity contribution in [1.82, 2.24) is 5.06 Å². The maximum absolute atomic E-state index is 12.3. The fourth-order valence-corrected chi connectivity index (χ4v) is 1.41. The number of piperidine rings is 1. The lowest BCUT2D eigenvalue weighted by Crippen LogP contribution is -2.39. The molecule has 0 saturated carbocycles. The Balaban J connectivity index is 2.33. The van der Waals surface area contributed by atoms with Crippen LogP contribution in [0, 0.1) is 11.3 Å². The molecule has 15 heavy (non-hydrogen) atoms. The molecule has 1 aliphatic rings. The summed E-state index contributed by atoms with van der Waals surface area (Å²) in [4.78, 5) is 16.8. The van der Waals surface area contributed by atoms with E-state index in [1.807, 2.05) is 20.8 Å². The molecule has 0 aromatic heterocycles. The number of hydrogen-bond donors (Lipinski definition) is 0. The quantitative estimate of drug-likeness (QED) is 0.710. The smallest absolute Gasteiger partial charge is 0.330 e. The fraction of sp³-hybridized carbons (Fsp3) is 0.909. The van der Waals surface area contributed by atoms with Crippen molar-refractivity contribution < 1.29 is 14.0 Å². The third-order valence-corrected chi connectivity index (χ3v) is 2.62. The Kier molecular flexibility index (Phi) is 4.08. The van der Waals surface area contributed by atoms with Gasteiger partial charge in [-0.15, -0.1) is 5.06 Å². The topological polar surface area (TPSA) is 29.5 Å². The molecule has 0 aromatic rings. The molecule has 1 heterocycles. The van der Waals surface area contributed by atoms with Crippen LogP contribution >= 0.6 is 0 Å². The summed E-state index contributed by atoms with van der Waals surface area (Å²) in [7, 11) is 0. The monoisotopic (exact) mass is 217 g/mol. The maximum atomic E-state index is 12.3. The van der Waals surface area contributed by atoms with Crippen molar-refractivity contribution in [2.75, 3.05) is 19.8 Å². The van der Waals surface area contributed by atoms with Crippen molar-refractivity contribution in [3.8, 4) is 0 Å². The van der Waals surface area contributed by atoms with E-state index in [1.54, 1.807) is 5.06 Å². The Morgan fingerprint density at radius 3 is 2.33 bits per heavy atom. The van der Waals surface area contributed by atoms with Crippen molar-refractivity contribution in [3.05, 3.63) is 0 Å². The number of nitrogens with zero attached hydrogens (tertiary/aromatic N) is 1. The van der Waals surface area contributed by atoms with E-state index in [-0.39, 0.29) is 18.6 Å². The van der Waals surface area contributed by atoms with E-state index < -0.39 is 5.41 Å². The SMILES string of the molecule is CC(C)(C)C(=O)ON1CCC(CF)CC1. The Morgan fingerprint density at radius 1 is 1.40 bits per heavy atom. The number of hydrogen-bond acceptors (Lipinski definition) is 3. The first-order chi connectivity index (χ1) is 6.93. The second kappa shape index (κ2) is 4.92. The first kappa shape index (κ1) is 12.4. The fourth-order valence-electron chi connectivity index (χ4n) is 1.41. The highest BCUT2D eigenvalue weighted by Crippen LogP contribution is 2.21. The van der Waals surface area contributed by atoms with Crippen LogP contribution in [0.3, 0.4) is 0 Å². The third-order valence-electron chi connectivity index (χ3n) is 2.62. The normalized spacial score (nSPS) is 20.3. The van der Waals surface area contributed by atoms with Gasteiger partial charge in [-0.1, -0.05) is 0 Å². The van der Waals surface area contributed by atoms with E-state index in [9.17, 15) is 9.18 Å². The summed E-state index contributed by atoms with van der Waals surface area (Å²) in [5, 5.41) is 1.65. The van der Waals surface area contributed by atoms with E-state index in [0.717, 1.165) is 12.8 Å². The average Bonchev–Trinajstić information content (AvgIpc) is 2.17. The van der Waals surface area contributed by atoms with Crippen molar-refractivity contribution >= 4 is 5.97 Å². The van der Waals surface area contributed by atoms with Crippen molar-refractivity contribution in [3.63, 3.8) is 0 Å². The van der Waals surface area contributed by atoms with Gasteiger partial charge >= 0.3 is 5.97 Å². The van der Waals surface area contributed by atoms with Gasteiger partial charge in [-0.05, 0) is 39.5 Å². The van der Waals surface area contributed by atoms with Crippen molar-refractivity contribution in [2.45, 2.75) is 33.6 Å². The highest BCUT2D eigenvalue weighted by molar-refractivity contribution is 5.75. The van der Waals surface area contributed by atoms with Crippen LogP contribution in [0.4, 0.5) is 4.39 Å². The molecule has 0 unspecified atom stereocenters. The van der Waals surface area contributed by atoms with Gasteiger partial charge < -0.3 is 4.84 Å². The molecule has 4 heteroatoms. The zero-order valence-corrected chi connectivity index (χ0v) is 9.75. The van der Waals surface area contributed by atoms with Gasteiger partial charge in [0.05, 0.1) is 12.1 Å². The molecule has 0 aliphatic carbocycles. The molecule has 0 bridgehead atoms. The van der Waals surface area contributed by atoms with Gasteiger partial charge in [-0.3, -0.25) is 4.39 Å². The molecular formula is C11H20FNO2. The van der Waals surface area contributed by atoms with E-state index in [1.165, 1.54) is 0 Å². The maximum Gasteiger partial charge on any atom is 0.330 e. The minimum atomic E-state index is -0.475.